The van der Waals surface area contributed by atoms with Crippen molar-refractivity contribution < 1.29 is 4.57 Å². The molecular formula is C7H9N4O+. The molecule has 2 heterocycles. The maximum Gasteiger partial charge on any atom is 0.319 e. The molecule has 62 valence electrons. The standard InChI is InChI=1S/C7H8N4O/c1-10-4-8-6(12)5-3-9-11(2)7(5)10/h3-4H,1-2H3/p+1. The molecule has 0 fully saturated rings. The van der Waals surface area contributed by atoms with Crippen molar-refractivity contribution in [2.24, 2.45) is 14.1 Å². The largest absolute Gasteiger partial charge is 0.319 e. The molecule has 0 aliphatic heterocycles. The van der Waals surface area contributed by atoms with Crippen LogP contribution in [0.15, 0.2) is 17.3 Å². The first-order chi connectivity index (χ1) is 5.70. The molecule has 0 aliphatic rings. The first-order valence-electron chi connectivity index (χ1n) is 3.59. The van der Waals surface area contributed by atoms with Gasteiger partial charge in [0.1, 0.15) is 0 Å². The molecule has 0 aliphatic carbocycles. The van der Waals surface area contributed by atoms with Gasteiger partial charge in [-0.1, -0.05) is 0 Å². The number of aryl methyl sites for hydroxylation is 2. The fourth-order valence-electron chi connectivity index (χ4n) is 1.30. The smallest absolute Gasteiger partial charge is 0.250 e. The summed E-state index contributed by atoms with van der Waals surface area (Å²) in [5.41, 5.74) is 0.718. The van der Waals surface area contributed by atoms with E-state index in [-0.39, 0.29) is 5.56 Å². The van der Waals surface area contributed by atoms with Crippen molar-refractivity contribution in [1.29, 1.82) is 0 Å². The van der Waals surface area contributed by atoms with E-state index in [0.717, 1.165) is 5.65 Å². The van der Waals surface area contributed by atoms with Gasteiger partial charge in [-0.15, -0.1) is 5.10 Å². The van der Waals surface area contributed by atoms with Crippen molar-refractivity contribution in [2.75, 3.05) is 0 Å². The molecule has 0 saturated carbocycles. The van der Waals surface area contributed by atoms with Crippen LogP contribution < -0.4 is 10.1 Å². The predicted molar refractivity (Wildman–Crippen MR) is 42.5 cm³/mol. The summed E-state index contributed by atoms with van der Waals surface area (Å²) in [7, 11) is 3.67. The Hall–Kier alpha value is -1.65. The summed E-state index contributed by atoms with van der Waals surface area (Å²) in [4.78, 5) is 13.8. The highest BCUT2D eigenvalue weighted by Gasteiger charge is 2.11. The minimum absolute atomic E-state index is 0.101. The molecule has 0 aromatic carbocycles. The first kappa shape index (κ1) is 7.02. The topological polar surface area (TPSA) is 54.6 Å². The van der Waals surface area contributed by atoms with E-state index in [2.05, 4.69) is 10.1 Å². The predicted octanol–water partition coefficient (Wildman–Crippen LogP) is -0.914. The molecule has 0 spiro atoms. The third-order valence-electron chi connectivity index (χ3n) is 1.88. The second-order valence-electron chi connectivity index (χ2n) is 2.72. The molecule has 2 rings (SSSR count). The molecule has 0 saturated heterocycles. The van der Waals surface area contributed by atoms with Crippen LogP contribution in [0.3, 0.4) is 0 Å². The zero-order valence-electron chi connectivity index (χ0n) is 6.90. The average Bonchev–Trinajstić information content (AvgIpc) is 2.42. The Morgan fingerprint density at radius 1 is 1.67 bits per heavy atom. The molecule has 0 amide bonds. The zero-order valence-corrected chi connectivity index (χ0v) is 6.90. The Bertz CT molecular complexity index is 482. The maximum absolute atomic E-state index is 11.2. The van der Waals surface area contributed by atoms with E-state index in [0.29, 0.717) is 5.39 Å². The van der Waals surface area contributed by atoms with Gasteiger partial charge in [-0.25, -0.2) is 9.55 Å². The zero-order chi connectivity index (χ0) is 8.72. The Morgan fingerprint density at radius 3 is 3.08 bits per heavy atom. The minimum Gasteiger partial charge on any atom is -0.250 e. The van der Waals surface area contributed by atoms with Crippen molar-refractivity contribution in [3.63, 3.8) is 0 Å². The van der Waals surface area contributed by atoms with Crippen LogP contribution in [0.5, 0.6) is 0 Å². The van der Waals surface area contributed by atoms with Crippen molar-refractivity contribution in [1.82, 2.24) is 14.8 Å². The number of nitrogens with zero attached hydrogens (tertiary/aromatic N) is 3. The van der Waals surface area contributed by atoms with Crippen LogP contribution in [-0.4, -0.2) is 14.8 Å². The second-order valence-corrected chi connectivity index (χ2v) is 2.72. The lowest BCUT2D eigenvalue weighted by Gasteiger charge is -1.92. The summed E-state index contributed by atoms with van der Waals surface area (Å²) in [6, 6.07) is 0. The SMILES string of the molecule is Cn1ncc2c(=O)[nH]c[n+](C)c21. The van der Waals surface area contributed by atoms with Crippen LogP contribution in [0.4, 0.5) is 0 Å². The van der Waals surface area contributed by atoms with Crippen LogP contribution in [0.2, 0.25) is 0 Å². The van der Waals surface area contributed by atoms with Crippen molar-refractivity contribution in [2.45, 2.75) is 0 Å². The Morgan fingerprint density at radius 2 is 2.42 bits per heavy atom. The number of hydrogen-bond donors (Lipinski definition) is 1. The quantitative estimate of drug-likeness (QED) is 0.513. The number of nitrogens with one attached hydrogen (secondary N) is 1. The number of fused-ring (bicyclic) bond motifs is 1. The highest BCUT2D eigenvalue weighted by atomic mass is 16.1. The fraction of sp³-hybridized carbons (Fsp3) is 0.286. The lowest BCUT2D eigenvalue weighted by Crippen LogP contribution is -2.34. The molecule has 0 unspecified atom stereocenters. The average molecular weight is 165 g/mol. The van der Waals surface area contributed by atoms with Crippen LogP contribution >= 0.6 is 0 Å². The first-order valence-corrected chi connectivity index (χ1v) is 3.59. The number of rotatable bonds is 0. The summed E-state index contributed by atoms with van der Waals surface area (Å²) in [6.45, 7) is 0. The Kier molecular flexibility index (Phi) is 1.27. The Balaban J connectivity index is 3.09. The van der Waals surface area contributed by atoms with Gasteiger partial charge in [0.05, 0.1) is 20.3 Å². The highest BCUT2D eigenvalue weighted by molar-refractivity contribution is 5.69. The van der Waals surface area contributed by atoms with Crippen molar-refractivity contribution >= 4 is 11.0 Å². The van der Waals surface area contributed by atoms with Gasteiger partial charge in [-0.3, -0.25) is 4.79 Å². The van der Waals surface area contributed by atoms with Crippen molar-refractivity contribution in [3.05, 3.63) is 22.9 Å². The van der Waals surface area contributed by atoms with E-state index in [1.54, 1.807) is 17.2 Å². The van der Waals surface area contributed by atoms with Crippen LogP contribution in [0.1, 0.15) is 0 Å². The molecule has 12 heavy (non-hydrogen) atoms. The van der Waals surface area contributed by atoms with Gasteiger partial charge < -0.3 is 0 Å². The fourth-order valence-corrected chi connectivity index (χ4v) is 1.30. The minimum atomic E-state index is -0.101. The maximum atomic E-state index is 11.2. The summed E-state index contributed by atoms with van der Waals surface area (Å²) < 4.78 is 3.49. The van der Waals surface area contributed by atoms with Gasteiger partial charge in [0.15, 0.2) is 11.7 Å². The van der Waals surface area contributed by atoms with Gasteiger partial charge in [0.2, 0.25) is 0 Å². The molecule has 2 aromatic heterocycles. The summed E-state index contributed by atoms with van der Waals surface area (Å²) >= 11 is 0. The lowest BCUT2D eigenvalue weighted by molar-refractivity contribution is -0.651. The van der Waals surface area contributed by atoms with Crippen molar-refractivity contribution in [3.8, 4) is 0 Å². The number of aromatic amines is 1. The number of hydrogen-bond acceptors (Lipinski definition) is 2. The summed E-state index contributed by atoms with van der Waals surface area (Å²) in [5, 5.41) is 4.61. The molecule has 0 radical (unpaired) electrons. The summed E-state index contributed by atoms with van der Waals surface area (Å²) in [5.74, 6) is 0. The van der Waals surface area contributed by atoms with Gasteiger partial charge in [0, 0.05) is 0 Å². The molecular weight excluding hydrogens is 156 g/mol. The molecule has 0 atom stereocenters. The summed E-state index contributed by atoms with van der Waals surface area (Å²) in [6.07, 6.45) is 3.18. The van der Waals surface area contributed by atoms with Crippen LogP contribution in [0, 0.1) is 0 Å². The third-order valence-corrected chi connectivity index (χ3v) is 1.88. The van der Waals surface area contributed by atoms with E-state index in [1.165, 1.54) is 0 Å². The van der Waals surface area contributed by atoms with E-state index in [4.69, 9.17) is 0 Å². The van der Waals surface area contributed by atoms with Crippen LogP contribution in [0.25, 0.3) is 11.0 Å². The third kappa shape index (κ3) is 0.761. The van der Waals surface area contributed by atoms with Gasteiger partial charge in [-0.2, -0.15) is 4.68 Å². The van der Waals surface area contributed by atoms with E-state index < -0.39 is 0 Å². The second kappa shape index (κ2) is 2.17. The lowest BCUT2D eigenvalue weighted by atomic mass is 10.4. The monoisotopic (exact) mass is 165 g/mol. The Labute approximate surface area is 68.3 Å². The molecule has 5 nitrogen and oxygen atoms in total. The molecule has 0 bridgehead atoms. The molecule has 5 heteroatoms. The van der Waals surface area contributed by atoms with Gasteiger partial charge >= 0.3 is 5.56 Å². The van der Waals surface area contributed by atoms with Crippen LogP contribution in [-0.2, 0) is 14.1 Å². The van der Waals surface area contributed by atoms with E-state index in [1.807, 2.05) is 18.7 Å². The van der Waals surface area contributed by atoms with E-state index in [9.17, 15) is 4.79 Å². The molecule has 2 aromatic rings. The van der Waals surface area contributed by atoms with Gasteiger partial charge in [-0.05, 0) is 0 Å². The number of aromatic nitrogens is 4. The molecule has 1 N–H and O–H groups in total. The van der Waals surface area contributed by atoms with Gasteiger partial charge in [0.25, 0.3) is 5.65 Å². The normalized spacial score (nSPS) is 10.8. The van der Waals surface area contributed by atoms with E-state index >= 15 is 0 Å². The highest BCUT2D eigenvalue weighted by Crippen LogP contribution is 1.98. The number of H-pyrrole nitrogens is 1.